The predicted octanol–water partition coefficient (Wildman–Crippen LogP) is 5.06. The Morgan fingerprint density at radius 1 is 0.750 bits per heavy atom. The zero-order chi connectivity index (χ0) is 16.4. The third-order valence-electron chi connectivity index (χ3n) is 4.47. The van der Waals surface area contributed by atoms with Crippen LogP contribution >= 0.6 is 0 Å². The number of rotatable bonds is 4. The van der Waals surface area contributed by atoms with Gasteiger partial charge >= 0.3 is 0 Å². The summed E-state index contributed by atoms with van der Waals surface area (Å²) in [6.07, 6.45) is 1.45. The third kappa shape index (κ3) is 2.71. The van der Waals surface area contributed by atoms with Gasteiger partial charge in [-0.15, -0.1) is 0 Å². The maximum atomic E-state index is 12.3. The van der Waals surface area contributed by atoms with Crippen LogP contribution in [0.25, 0.3) is 11.1 Å². The van der Waals surface area contributed by atoms with Gasteiger partial charge in [0.05, 0.1) is 0 Å². The van der Waals surface area contributed by atoms with Crippen LogP contribution in [0.1, 0.15) is 27.9 Å². The first kappa shape index (κ1) is 14.7. The number of hydrogen-bond acceptors (Lipinski definition) is 2. The average molecular weight is 314 g/mol. The quantitative estimate of drug-likeness (QED) is 0.672. The van der Waals surface area contributed by atoms with Crippen molar-refractivity contribution in [2.24, 2.45) is 0 Å². The van der Waals surface area contributed by atoms with Gasteiger partial charge in [0.25, 0.3) is 0 Å². The lowest BCUT2D eigenvalue weighted by atomic mass is 9.96. The molecule has 1 aliphatic carbocycles. The van der Waals surface area contributed by atoms with E-state index in [9.17, 15) is 4.79 Å². The van der Waals surface area contributed by atoms with Crippen LogP contribution in [0.5, 0.6) is 5.75 Å². The second-order valence-corrected chi connectivity index (χ2v) is 6.03. The molecule has 0 amide bonds. The fourth-order valence-corrected chi connectivity index (χ4v) is 3.29. The summed E-state index contributed by atoms with van der Waals surface area (Å²) in [5.74, 6) is 1.05. The molecule has 1 aliphatic rings. The van der Waals surface area contributed by atoms with E-state index in [1.807, 2.05) is 66.7 Å². The van der Waals surface area contributed by atoms with E-state index in [2.05, 4.69) is 6.07 Å². The van der Waals surface area contributed by atoms with E-state index >= 15 is 0 Å². The average Bonchev–Trinajstić information content (AvgIpc) is 3.03. The van der Waals surface area contributed by atoms with E-state index in [0.29, 0.717) is 13.0 Å². The van der Waals surface area contributed by atoms with Crippen LogP contribution in [0.15, 0.2) is 72.8 Å². The fraction of sp³-hybridized carbons (Fsp3) is 0.136. The molecule has 2 heteroatoms. The van der Waals surface area contributed by atoms with E-state index in [0.717, 1.165) is 40.0 Å². The van der Waals surface area contributed by atoms with E-state index in [4.69, 9.17) is 4.74 Å². The van der Waals surface area contributed by atoms with Crippen molar-refractivity contribution < 1.29 is 9.53 Å². The van der Waals surface area contributed by atoms with Crippen LogP contribution < -0.4 is 4.74 Å². The molecule has 0 saturated heterocycles. The molecule has 0 saturated carbocycles. The molecule has 0 unspecified atom stereocenters. The number of para-hydroxylation sites is 1. The lowest BCUT2D eigenvalue weighted by molar-refractivity contribution is 0.0995. The Kier molecular flexibility index (Phi) is 3.87. The molecule has 3 aromatic rings. The van der Waals surface area contributed by atoms with E-state index < -0.39 is 0 Å². The van der Waals surface area contributed by atoms with Gasteiger partial charge in [-0.25, -0.2) is 0 Å². The molecule has 0 heterocycles. The fourth-order valence-electron chi connectivity index (χ4n) is 3.29. The number of ether oxygens (including phenoxy) is 1. The van der Waals surface area contributed by atoms with Crippen molar-refractivity contribution in [2.75, 3.05) is 0 Å². The number of fused-ring (bicyclic) bond motifs is 1. The molecular weight excluding hydrogens is 296 g/mol. The van der Waals surface area contributed by atoms with Gasteiger partial charge in [0.15, 0.2) is 5.78 Å². The lowest BCUT2D eigenvalue weighted by Gasteiger charge is -2.14. The van der Waals surface area contributed by atoms with E-state index in [-0.39, 0.29) is 5.78 Å². The van der Waals surface area contributed by atoms with Gasteiger partial charge in [0.1, 0.15) is 12.4 Å². The molecule has 0 bridgehead atoms. The minimum atomic E-state index is 0.235. The smallest absolute Gasteiger partial charge is 0.164 e. The highest BCUT2D eigenvalue weighted by atomic mass is 16.5. The van der Waals surface area contributed by atoms with Crippen molar-refractivity contribution >= 4 is 5.78 Å². The predicted molar refractivity (Wildman–Crippen MR) is 95.3 cm³/mol. The van der Waals surface area contributed by atoms with Crippen molar-refractivity contribution in [3.8, 4) is 16.9 Å². The topological polar surface area (TPSA) is 26.3 Å². The number of benzene rings is 3. The van der Waals surface area contributed by atoms with Gasteiger partial charge < -0.3 is 4.74 Å². The largest absolute Gasteiger partial charge is 0.488 e. The molecule has 3 aromatic carbocycles. The number of hydrogen-bond donors (Lipinski definition) is 0. The van der Waals surface area contributed by atoms with E-state index in [1.165, 1.54) is 0 Å². The maximum Gasteiger partial charge on any atom is 0.164 e. The molecule has 0 aromatic heterocycles. The number of ketones is 1. The second-order valence-electron chi connectivity index (χ2n) is 6.03. The van der Waals surface area contributed by atoms with Gasteiger partial charge in [-0.1, -0.05) is 66.7 Å². The Hall–Kier alpha value is -2.87. The zero-order valence-corrected chi connectivity index (χ0v) is 13.4. The lowest BCUT2D eigenvalue weighted by Crippen LogP contribution is -2.00. The summed E-state index contributed by atoms with van der Waals surface area (Å²) in [6, 6.07) is 24.2. The molecule has 24 heavy (non-hydrogen) atoms. The Labute approximate surface area is 141 Å². The highest BCUT2D eigenvalue weighted by Crippen LogP contribution is 2.37. The van der Waals surface area contributed by atoms with Crippen LogP contribution in [0, 0.1) is 0 Å². The first-order chi connectivity index (χ1) is 11.8. The molecule has 0 spiro atoms. The molecule has 4 rings (SSSR count). The molecule has 118 valence electrons. The monoisotopic (exact) mass is 314 g/mol. The van der Waals surface area contributed by atoms with Gasteiger partial charge in [0, 0.05) is 17.5 Å². The number of carbonyl (C=O) groups excluding carboxylic acids is 1. The SMILES string of the molecule is O=C1CCc2cccc(-c3ccccc3OCc3ccccc3)c21. The highest BCUT2D eigenvalue weighted by molar-refractivity contribution is 6.06. The summed E-state index contributed by atoms with van der Waals surface area (Å²) in [7, 11) is 0. The molecule has 0 aliphatic heterocycles. The van der Waals surface area contributed by atoms with E-state index in [1.54, 1.807) is 0 Å². The van der Waals surface area contributed by atoms with Gasteiger partial charge in [-0.2, -0.15) is 0 Å². The third-order valence-corrected chi connectivity index (χ3v) is 4.47. The normalized spacial score (nSPS) is 12.9. The maximum absolute atomic E-state index is 12.3. The Morgan fingerprint density at radius 2 is 1.50 bits per heavy atom. The number of carbonyl (C=O) groups is 1. The van der Waals surface area contributed by atoms with Crippen LogP contribution in [-0.2, 0) is 13.0 Å². The standard InChI is InChI=1S/C22H18O2/c23-20-14-13-17-9-6-11-19(22(17)20)18-10-4-5-12-21(18)24-15-16-7-2-1-3-8-16/h1-12H,13-15H2. The number of Topliss-reactive ketones (excluding diaryl/α,β-unsaturated/α-hetero) is 1. The van der Waals surface area contributed by atoms with Gasteiger partial charge in [0.2, 0.25) is 0 Å². The molecule has 0 fully saturated rings. The van der Waals surface area contributed by atoms with Crippen molar-refractivity contribution in [3.05, 3.63) is 89.5 Å². The molecular formula is C22H18O2. The second kappa shape index (κ2) is 6.32. The molecule has 2 nitrogen and oxygen atoms in total. The first-order valence-corrected chi connectivity index (χ1v) is 8.24. The summed E-state index contributed by atoms with van der Waals surface area (Å²) in [5.41, 5.74) is 5.12. The Bertz CT molecular complexity index is 881. The molecule has 0 atom stereocenters. The summed E-state index contributed by atoms with van der Waals surface area (Å²) >= 11 is 0. The summed E-state index contributed by atoms with van der Waals surface area (Å²) in [6.45, 7) is 0.515. The van der Waals surface area contributed by atoms with Crippen molar-refractivity contribution in [2.45, 2.75) is 19.4 Å². The molecule has 0 radical (unpaired) electrons. The van der Waals surface area contributed by atoms with Crippen LogP contribution in [0.2, 0.25) is 0 Å². The summed E-state index contributed by atoms with van der Waals surface area (Å²) in [4.78, 5) is 12.3. The minimum Gasteiger partial charge on any atom is -0.488 e. The Balaban J connectivity index is 1.70. The van der Waals surface area contributed by atoms with Gasteiger partial charge in [-0.05, 0) is 29.2 Å². The zero-order valence-electron chi connectivity index (χ0n) is 13.4. The van der Waals surface area contributed by atoms with Crippen molar-refractivity contribution in [1.82, 2.24) is 0 Å². The van der Waals surface area contributed by atoms with Crippen LogP contribution in [-0.4, -0.2) is 5.78 Å². The molecule has 0 N–H and O–H groups in total. The van der Waals surface area contributed by atoms with Crippen molar-refractivity contribution in [1.29, 1.82) is 0 Å². The summed E-state index contributed by atoms with van der Waals surface area (Å²) in [5, 5.41) is 0. The van der Waals surface area contributed by atoms with Crippen molar-refractivity contribution in [3.63, 3.8) is 0 Å². The highest BCUT2D eigenvalue weighted by Gasteiger charge is 2.24. The number of aryl methyl sites for hydroxylation is 1. The minimum absolute atomic E-state index is 0.235. The van der Waals surface area contributed by atoms with Gasteiger partial charge in [-0.3, -0.25) is 4.79 Å². The summed E-state index contributed by atoms with van der Waals surface area (Å²) < 4.78 is 6.06. The first-order valence-electron chi connectivity index (χ1n) is 8.24. The Morgan fingerprint density at radius 3 is 2.38 bits per heavy atom. The van der Waals surface area contributed by atoms with Crippen LogP contribution in [0.4, 0.5) is 0 Å². The van der Waals surface area contributed by atoms with Crippen LogP contribution in [0.3, 0.4) is 0 Å².